The van der Waals surface area contributed by atoms with E-state index in [-0.39, 0.29) is 0 Å². The monoisotopic (exact) mass is 688 g/mol. The molecule has 5 aromatic rings. The molecule has 2 heterocycles. The average Bonchev–Trinajstić information content (AvgIpc) is 3.29. The number of hydrogen-bond donors (Lipinski definition) is 0. The van der Waals surface area contributed by atoms with E-state index in [0.29, 0.717) is 0 Å². The molecule has 0 aliphatic carbocycles. The maximum Gasteiger partial charge on any atom is 0.245 e. The molecule has 0 N–H and O–H groups in total. The first-order valence-corrected chi connectivity index (χ1v) is 18.9. The van der Waals surface area contributed by atoms with Crippen LogP contribution in [0, 0.1) is 83.1 Å². The Morgan fingerprint density at radius 2 is 0.615 bits per heavy atom. The molecule has 0 fully saturated rings. The summed E-state index contributed by atoms with van der Waals surface area (Å²) in [5, 5.41) is 0. The first-order chi connectivity index (χ1) is 24.7. The quantitative estimate of drug-likeness (QED) is 0.174. The lowest BCUT2D eigenvalue weighted by atomic mass is 9.95. The normalized spacial score (nSPS) is 14.4. The van der Waals surface area contributed by atoms with Crippen molar-refractivity contribution in [2.45, 2.75) is 109 Å². The van der Waals surface area contributed by atoms with E-state index in [1.165, 1.54) is 112 Å². The van der Waals surface area contributed by atoms with Crippen LogP contribution in [0.4, 0.5) is 22.7 Å². The lowest BCUT2D eigenvalue weighted by Crippen LogP contribution is -2.26. The van der Waals surface area contributed by atoms with Crippen LogP contribution in [-0.2, 0) is 26.2 Å². The Labute approximate surface area is 312 Å². The summed E-state index contributed by atoms with van der Waals surface area (Å²) in [6, 6.07) is 23.7. The Kier molecular flexibility index (Phi) is 9.23. The zero-order valence-electron chi connectivity index (χ0n) is 33.5. The Morgan fingerprint density at radius 1 is 0.346 bits per heavy atom. The minimum absolute atomic E-state index is 0.819. The summed E-state index contributed by atoms with van der Waals surface area (Å²) < 4.78 is 5.03. The number of anilines is 2. The summed E-state index contributed by atoms with van der Waals surface area (Å²) in [6.07, 6.45) is 4.79. The summed E-state index contributed by atoms with van der Waals surface area (Å²) >= 11 is 0. The molecule has 0 spiro atoms. The van der Waals surface area contributed by atoms with Crippen LogP contribution in [0.1, 0.15) is 89.0 Å². The molecule has 4 heteroatoms. The maximum atomic E-state index is 2.54. The van der Waals surface area contributed by atoms with Crippen molar-refractivity contribution in [2.24, 2.45) is 0 Å². The molecular formula is C48H56N4+2. The van der Waals surface area contributed by atoms with Gasteiger partial charge in [-0.15, -0.1) is 0 Å². The number of hydrogen-bond acceptors (Lipinski definition) is 2. The zero-order valence-corrected chi connectivity index (χ0v) is 33.5. The first kappa shape index (κ1) is 35.4. The highest BCUT2D eigenvalue weighted by molar-refractivity contribution is 5.83. The summed E-state index contributed by atoms with van der Waals surface area (Å²) in [5.74, 6) is 0. The van der Waals surface area contributed by atoms with E-state index in [9.17, 15) is 0 Å². The molecule has 0 atom stereocenters. The Morgan fingerprint density at radius 3 is 0.923 bits per heavy atom. The van der Waals surface area contributed by atoms with Gasteiger partial charge in [0.25, 0.3) is 0 Å². The molecule has 0 bridgehead atoms. The molecule has 5 aromatic carbocycles. The van der Waals surface area contributed by atoms with Crippen molar-refractivity contribution in [3.8, 4) is 0 Å². The summed E-state index contributed by atoms with van der Waals surface area (Å²) in [4.78, 5) is 5.03. The third-order valence-corrected chi connectivity index (χ3v) is 11.1. The molecule has 0 saturated carbocycles. The van der Waals surface area contributed by atoms with E-state index >= 15 is 0 Å². The number of nitrogens with zero attached hydrogens (tertiary/aromatic N) is 4. The maximum absolute atomic E-state index is 2.54. The molecule has 0 amide bonds. The van der Waals surface area contributed by atoms with Crippen LogP contribution in [0.15, 0.2) is 60.7 Å². The van der Waals surface area contributed by atoms with Crippen molar-refractivity contribution in [1.82, 2.24) is 0 Å². The molecule has 0 saturated heterocycles. The van der Waals surface area contributed by atoms with Crippen LogP contribution in [0.3, 0.4) is 0 Å². The van der Waals surface area contributed by atoms with Gasteiger partial charge in [0, 0.05) is 22.3 Å². The van der Waals surface area contributed by atoms with Crippen LogP contribution in [0.25, 0.3) is 0 Å². The number of benzene rings is 5. The van der Waals surface area contributed by atoms with E-state index in [4.69, 9.17) is 0 Å². The molecule has 0 aromatic heterocycles. The molecule has 2 aliphatic heterocycles. The fraction of sp³-hybridized carbons (Fsp3) is 0.333. The highest BCUT2D eigenvalue weighted by atomic mass is 15.2. The minimum atomic E-state index is 0.819. The highest BCUT2D eigenvalue weighted by Gasteiger charge is 2.31. The molecule has 7 rings (SSSR count). The van der Waals surface area contributed by atoms with E-state index in [0.717, 1.165) is 26.2 Å². The Balaban J connectivity index is 1.43. The predicted octanol–water partition coefficient (Wildman–Crippen LogP) is 11.2. The second kappa shape index (κ2) is 13.5. The SMILES string of the molecule is Cc1cc(C)c(N2C=[N+](c3c(C)cc(C)cc3C)Cc3cc4c(cc3C2)CN(c2c(C)cc(C)cc2C)C=[N+](c2c(C)cc(C)cc2C)C4)c(C)c1. The molecule has 52 heavy (non-hydrogen) atoms. The van der Waals surface area contributed by atoms with E-state index < -0.39 is 0 Å². The predicted molar refractivity (Wildman–Crippen MR) is 221 cm³/mol. The smallest absolute Gasteiger partial charge is 0.229 e. The van der Waals surface area contributed by atoms with Crippen molar-refractivity contribution in [2.75, 3.05) is 9.80 Å². The molecule has 2 aliphatic rings. The second-order valence-electron chi connectivity index (χ2n) is 16.1. The topological polar surface area (TPSA) is 12.5 Å². The van der Waals surface area contributed by atoms with Gasteiger partial charge in [-0.2, -0.15) is 0 Å². The van der Waals surface area contributed by atoms with E-state index in [1.807, 2.05) is 0 Å². The van der Waals surface area contributed by atoms with Gasteiger partial charge in [0.1, 0.15) is 48.9 Å². The van der Waals surface area contributed by atoms with Crippen LogP contribution >= 0.6 is 0 Å². The lowest BCUT2D eigenvalue weighted by Gasteiger charge is -2.20. The van der Waals surface area contributed by atoms with Gasteiger partial charge >= 0.3 is 0 Å². The minimum Gasteiger partial charge on any atom is -0.229 e. The lowest BCUT2D eigenvalue weighted by molar-refractivity contribution is -0.455. The third kappa shape index (κ3) is 6.60. The second-order valence-corrected chi connectivity index (χ2v) is 16.1. The van der Waals surface area contributed by atoms with Gasteiger partial charge < -0.3 is 0 Å². The number of aryl methyl sites for hydroxylation is 12. The van der Waals surface area contributed by atoms with Gasteiger partial charge in [-0.1, -0.05) is 70.8 Å². The summed E-state index contributed by atoms with van der Waals surface area (Å²) in [5.41, 5.74) is 26.6. The summed E-state index contributed by atoms with van der Waals surface area (Å²) in [7, 11) is 0. The Bertz CT molecular complexity index is 2080. The van der Waals surface area contributed by atoms with Crippen molar-refractivity contribution in [3.05, 3.63) is 150 Å². The Hall–Kier alpha value is -4.96. The molecule has 4 nitrogen and oxygen atoms in total. The van der Waals surface area contributed by atoms with E-state index in [2.05, 4.69) is 175 Å². The third-order valence-electron chi connectivity index (χ3n) is 11.1. The standard InChI is InChI=1S/C48H56N4/c1-29-13-33(5)45(34(6)14-29)49-23-41-21-43-25-51(47-37(9)17-31(3)18-38(47)10)28-52(48-39(11)19-32(4)20-40(48)12)26-44(43)22-42(41)24-50(27-49)46-35(7)15-30(2)16-36(46)8/h13-22,27-28H,23-26H2,1-12H3/q+2. The van der Waals surface area contributed by atoms with Gasteiger partial charge in [0.05, 0.1) is 0 Å². The fourth-order valence-corrected chi connectivity index (χ4v) is 9.66. The molecule has 0 unspecified atom stereocenters. The van der Waals surface area contributed by atoms with Gasteiger partial charge in [0.2, 0.25) is 12.7 Å². The first-order valence-electron chi connectivity index (χ1n) is 18.9. The van der Waals surface area contributed by atoms with Crippen molar-refractivity contribution in [1.29, 1.82) is 0 Å². The molecular weight excluding hydrogens is 633 g/mol. The van der Waals surface area contributed by atoms with E-state index in [1.54, 1.807) is 0 Å². The van der Waals surface area contributed by atoms with Crippen LogP contribution < -0.4 is 9.80 Å². The van der Waals surface area contributed by atoms with Crippen LogP contribution in [0.5, 0.6) is 0 Å². The zero-order chi connectivity index (χ0) is 37.2. The van der Waals surface area contributed by atoms with Crippen molar-refractivity contribution >= 4 is 35.4 Å². The van der Waals surface area contributed by atoms with Gasteiger partial charge in [-0.3, -0.25) is 0 Å². The number of fused-ring (bicyclic) bond motifs is 2. The van der Waals surface area contributed by atoms with Gasteiger partial charge in [-0.25, -0.2) is 19.0 Å². The van der Waals surface area contributed by atoms with Crippen molar-refractivity contribution in [3.63, 3.8) is 0 Å². The largest absolute Gasteiger partial charge is 0.245 e. The van der Waals surface area contributed by atoms with Gasteiger partial charge in [0.15, 0.2) is 0 Å². The number of rotatable bonds is 4. The highest BCUT2D eigenvalue weighted by Crippen LogP contribution is 2.37. The van der Waals surface area contributed by atoms with Crippen LogP contribution in [-0.4, -0.2) is 21.8 Å². The molecule has 266 valence electrons. The fourth-order valence-electron chi connectivity index (χ4n) is 9.66. The van der Waals surface area contributed by atoms with Gasteiger partial charge in [-0.05, 0) is 140 Å². The molecule has 0 radical (unpaired) electrons. The van der Waals surface area contributed by atoms with Crippen LogP contribution in [0.2, 0.25) is 0 Å². The summed E-state index contributed by atoms with van der Waals surface area (Å²) in [6.45, 7) is 30.2. The van der Waals surface area contributed by atoms with Crippen molar-refractivity contribution < 1.29 is 9.15 Å². The average molecular weight is 689 g/mol.